The summed E-state index contributed by atoms with van der Waals surface area (Å²) in [5.41, 5.74) is 2.73. The SMILES string of the molecule is COc1cc(/C=C2/N=C(c3cccnc3)NC2=O)c(OC)cc1C. The highest BCUT2D eigenvalue weighted by Gasteiger charge is 2.22. The third-order valence-electron chi connectivity index (χ3n) is 3.67. The number of hydrogen-bond acceptors (Lipinski definition) is 5. The molecule has 2 heterocycles. The third kappa shape index (κ3) is 2.99. The van der Waals surface area contributed by atoms with Crippen molar-refractivity contribution in [2.45, 2.75) is 6.92 Å². The number of amides is 1. The summed E-state index contributed by atoms with van der Waals surface area (Å²) in [7, 11) is 3.19. The molecule has 6 nitrogen and oxygen atoms in total. The van der Waals surface area contributed by atoms with Crippen LogP contribution in [0.4, 0.5) is 0 Å². The van der Waals surface area contributed by atoms with Crippen molar-refractivity contribution in [1.29, 1.82) is 0 Å². The van der Waals surface area contributed by atoms with Crippen LogP contribution >= 0.6 is 0 Å². The molecule has 1 aliphatic rings. The molecule has 1 N–H and O–H groups in total. The summed E-state index contributed by atoms with van der Waals surface area (Å²) in [5, 5.41) is 2.75. The molecule has 1 amide bonds. The number of ether oxygens (including phenoxy) is 2. The Morgan fingerprint density at radius 3 is 2.62 bits per heavy atom. The van der Waals surface area contributed by atoms with Crippen LogP contribution in [0.15, 0.2) is 47.3 Å². The first kappa shape index (κ1) is 15.7. The molecule has 2 aromatic rings. The van der Waals surface area contributed by atoms with Gasteiger partial charge in [-0.1, -0.05) is 0 Å². The summed E-state index contributed by atoms with van der Waals surface area (Å²) >= 11 is 0. The van der Waals surface area contributed by atoms with Gasteiger partial charge in [-0.15, -0.1) is 0 Å². The molecular formula is C18H17N3O3. The number of methoxy groups -OCH3 is 2. The van der Waals surface area contributed by atoms with Gasteiger partial charge in [-0.25, -0.2) is 4.99 Å². The van der Waals surface area contributed by atoms with Gasteiger partial charge in [-0.05, 0) is 42.8 Å². The Hall–Kier alpha value is -3.15. The first-order valence-electron chi connectivity index (χ1n) is 7.37. The molecule has 1 aromatic carbocycles. The van der Waals surface area contributed by atoms with Crippen LogP contribution in [0.25, 0.3) is 6.08 Å². The van der Waals surface area contributed by atoms with Gasteiger partial charge in [0.15, 0.2) is 0 Å². The van der Waals surface area contributed by atoms with Gasteiger partial charge in [0.2, 0.25) is 0 Å². The maximum Gasteiger partial charge on any atom is 0.275 e. The lowest BCUT2D eigenvalue weighted by Gasteiger charge is -2.10. The number of benzene rings is 1. The molecule has 0 unspecified atom stereocenters. The number of nitrogens with one attached hydrogen (secondary N) is 1. The number of rotatable bonds is 4. The van der Waals surface area contributed by atoms with Crippen molar-refractivity contribution in [3.8, 4) is 11.5 Å². The van der Waals surface area contributed by atoms with Crippen molar-refractivity contribution in [3.63, 3.8) is 0 Å². The minimum absolute atomic E-state index is 0.268. The fourth-order valence-corrected chi connectivity index (χ4v) is 2.44. The number of aryl methyl sites for hydroxylation is 1. The number of amidine groups is 1. The lowest BCUT2D eigenvalue weighted by atomic mass is 10.1. The summed E-state index contributed by atoms with van der Waals surface area (Å²) in [6.07, 6.45) is 5.00. The van der Waals surface area contributed by atoms with Gasteiger partial charge in [0.1, 0.15) is 23.0 Å². The quantitative estimate of drug-likeness (QED) is 0.877. The minimum atomic E-state index is -0.268. The highest BCUT2D eigenvalue weighted by Crippen LogP contribution is 2.30. The first-order chi connectivity index (χ1) is 11.6. The molecule has 6 heteroatoms. The zero-order chi connectivity index (χ0) is 17.1. The van der Waals surface area contributed by atoms with E-state index in [9.17, 15) is 4.79 Å². The number of nitrogens with zero attached hydrogens (tertiary/aromatic N) is 2. The van der Waals surface area contributed by atoms with Crippen LogP contribution in [0, 0.1) is 6.92 Å². The Morgan fingerprint density at radius 1 is 1.17 bits per heavy atom. The van der Waals surface area contributed by atoms with E-state index in [4.69, 9.17) is 9.47 Å². The van der Waals surface area contributed by atoms with E-state index in [1.54, 1.807) is 38.8 Å². The Bertz CT molecular complexity index is 842. The van der Waals surface area contributed by atoms with Crippen LogP contribution in [0.5, 0.6) is 11.5 Å². The molecular weight excluding hydrogens is 306 g/mol. The second kappa shape index (κ2) is 6.54. The molecule has 0 fully saturated rings. The van der Waals surface area contributed by atoms with Crippen molar-refractivity contribution in [1.82, 2.24) is 10.3 Å². The lowest BCUT2D eigenvalue weighted by molar-refractivity contribution is -0.115. The number of aliphatic imine (C=N–C) groups is 1. The molecule has 0 saturated carbocycles. The zero-order valence-corrected chi connectivity index (χ0v) is 13.7. The van der Waals surface area contributed by atoms with Crippen LogP contribution in [0.1, 0.15) is 16.7 Å². The average Bonchev–Trinajstić information content (AvgIpc) is 2.97. The maximum atomic E-state index is 12.2. The number of carbonyl (C=O) groups excluding carboxylic acids is 1. The van der Waals surface area contributed by atoms with Gasteiger partial charge >= 0.3 is 0 Å². The maximum absolute atomic E-state index is 12.2. The fourth-order valence-electron chi connectivity index (χ4n) is 2.44. The van der Waals surface area contributed by atoms with Crippen molar-refractivity contribution < 1.29 is 14.3 Å². The van der Waals surface area contributed by atoms with E-state index in [2.05, 4.69) is 15.3 Å². The number of aromatic nitrogens is 1. The smallest absolute Gasteiger partial charge is 0.275 e. The summed E-state index contributed by atoms with van der Waals surface area (Å²) in [4.78, 5) is 20.6. The molecule has 1 aliphatic heterocycles. The van der Waals surface area contributed by atoms with E-state index < -0.39 is 0 Å². The van der Waals surface area contributed by atoms with Gasteiger partial charge in [0, 0.05) is 23.5 Å². The normalized spacial score (nSPS) is 15.2. The number of hydrogen-bond donors (Lipinski definition) is 1. The van der Waals surface area contributed by atoms with Crippen molar-refractivity contribution >= 4 is 17.8 Å². The average molecular weight is 323 g/mol. The van der Waals surface area contributed by atoms with Crippen molar-refractivity contribution in [2.24, 2.45) is 4.99 Å². The molecule has 0 aliphatic carbocycles. The second-order valence-electron chi connectivity index (χ2n) is 5.25. The molecule has 1 aromatic heterocycles. The summed E-state index contributed by atoms with van der Waals surface area (Å²) in [6, 6.07) is 7.32. The van der Waals surface area contributed by atoms with Crippen molar-refractivity contribution in [2.75, 3.05) is 14.2 Å². The monoisotopic (exact) mass is 323 g/mol. The standard InChI is InChI=1S/C18H17N3O3/c1-11-7-16(24-3)13(9-15(11)23-2)8-14-18(22)21-17(20-14)12-5-4-6-19-10-12/h4-10H,1-3H3,(H,20,21,22)/b14-8+. The Balaban J connectivity index is 2.02. The molecule has 3 rings (SSSR count). The minimum Gasteiger partial charge on any atom is -0.496 e. The molecule has 122 valence electrons. The van der Waals surface area contributed by atoms with Crippen LogP contribution in [0.3, 0.4) is 0 Å². The fraction of sp³-hybridized carbons (Fsp3) is 0.167. The van der Waals surface area contributed by atoms with E-state index in [-0.39, 0.29) is 5.91 Å². The van der Waals surface area contributed by atoms with Gasteiger partial charge in [0.25, 0.3) is 5.91 Å². The van der Waals surface area contributed by atoms with Crippen LogP contribution in [0.2, 0.25) is 0 Å². The predicted octanol–water partition coefficient (Wildman–Crippen LogP) is 2.32. The number of pyridine rings is 1. The zero-order valence-electron chi connectivity index (χ0n) is 13.7. The van der Waals surface area contributed by atoms with E-state index >= 15 is 0 Å². The topological polar surface area (TPSA) is 72.8 Å². The summed E-state index contributed by atoms with van der Waals surface area (Å²) < 4.78 is 10.7. The largest absolute Gasteiger partial charge is 0.496 e. The molecule has 24 heavy (non-hydrogen) atoms. The molecule has 0 atom stereocenters. The van der Waals surface area contributed by atoms with E-state index in [1.165, 1.54) is 0 Å². The van der Waals surface area contributed by atoms with E-state index in [0.717, 1.165) is 22.4 Å². The van der Waals surface area contributed by atoms with Gasteiger partial charge in [-0.3, -0.25) is 9.78 Å². The van der Waals surface area contributed by atoms with Crippen molar-refractivity contribution in [3.05, 3.63) is 59.0 Å². The Labute approximate surface area is 139 Å². The lowest BCUT2D eigenvalue weighted by Crippen LogP contribution is -2.24. The molecule has 0 spiro atoms. The van der Waals surface area contributed by atoms with Gasteiger partial charge < -0.3 is 14.8 Å². The van der Waals surface area contributed by atoms with Gasteiger partial charge in [0.05, 0.1) is 14.2 Å². The highest BCUT2D eigenvalue weighted by molar-refractivity contribution is 6.19. The number of carbonyl (C=O) groups is 1. The van der Waals surface area contributed by atoms with E-state index in [1.807, 2.05) is 25.1 Å². The Morgan fingerprint density at radius 2 is 1.96 bits per heavy atom. The highest BCUT2D eigenvalue weighted by atomic mass is 16.5. The summed E-state index contributed by atoms with van der Waals surface area (Å²) in [5.74, 6) is 1.59. The predicted molar refractivity (Wildman–Crippen MR) is 91.2 cm³/mol. The van der Waals surface area contributed by atoms with E-state index in [0.29, 0.717) is 17.3 Å². The van der Waals surface area contributed by atoms with Crippen LogP contribution in [-0.2, 0) is 4.79 Å². The third-order valence-corrected chi connectivity index (χ3v) is 3.67. The molecule has 0 saturated heterocycles. The van der Waals surface area contributed by atoms with Gasteiger partial charge in [-0.2, -0.15) is 0 Å². The second-order valence-corrected chi connectivity index (χ2v) is 5.25. The summed E-state index contributed by atoms with van der Waals surface area (Å²) in [6.45, 7) is 1.93. The first-order valence-corrected chi connectivity index (χ1v) is 7.37. The molecule has 0 bridgehead atoms. The Kier molecular flexibility index (Phi) is 4.29. The molecule has 0 radical (unpaired) electrons. The van der Waals surface area contributed by atoms with Crippen LogP contribution in [-0.4, -0.2) is 30.9 Å². The van der Waals surface area contributed by atoms with Crippen LogP contribution < -0.4 is 14.8 Å².